The first-order valence-corrected chi connectivity index (χ1v) is 11.9. The molecule has 1 aliphatic rings. The number of aromatic nitrogens is 1. The van der Waals surface area contributed by atoms with E-state index < -0.39 is 22.7 Å². The number of hydrogen-bond donors (Lipinski definition) is 1. The summed E-state index contributed by atoms with van der Waals surface area (Å²) in [4.78, 5) is 30.0. The minimum Gasteiger partial charge on any atom is -0.496 e. The van der Waals surface area contributed by atoms with Crippen LogP contribution in [0.5, 0.6) is 5.75 Å². The third kappa shape index (κ3) is 5.32. The van der Waals surface area contributed by atoms with Crippen molar-refractivity contribution in [2.24, 2.45) is 0 Å². The lowest BCUT2D eigenvalue weighted by Gasteiger charge is -2.32. The molecule has 2 aromatic carbocycles. The third-order valence-corrected chi connectivity index (χ3v) is 7.02. The van der Waals surface area contributed by atoms with Gasteiger partial charge in [0, 0.05) is 29.9 Å². The molecule has 1 fully saturated rings. The fourth-order valence-corrected chi connectivity index (χ4v) is 4.99. The van der Waals surface area contributed by atoms with Gasteiger partial charge in [0.15, 0.2) is 5.69 Å². The van der Waals surface area contributed by atoms with Gasteiger partial charge in [-0.3, -0.25) is 9.59 Å². The maximum absolute atomic E-state index is 13.0. The second kappa shape index (κ2) is 10.1. The smallest absolute Gasteiger partial charge is 0.434 e. The number of ether oxygens (including phenoxy) is 1. The molecule has 10 heteroatoms. The average Bonchev–Trinajstić information content (AvgIpc) is 3.36. The lowest BCUT2D eigenvalue weighted by Crippen LogP contribution is -2.38. The number of thiazole rings is 1. The molecule has 4 rings (SSSR count). The van der Waals surface area contributed by atoms with Crippen molar-refractivity contribution in [3.8, 4) is 5.75 Å². The summed E-state index contributed by atoms with van der Waals surface area (Å²) in [5.41, 5.74) is 2.75. The first-order valence-electron chi connectivity index (χ1n) is 11.0. The second-order valence-corrected chi connectivity index (χ2v) is 9.16. The Labute approximate surface area is 204 Å². The van der Waals surface area contributed by atoms with Crippen LogP contribution in [0, 0.1) is 6.92 Å². The zero-order valence-corrected chi connectivity index (χ0v) is 20.0. The molecule has 1 aliphatic heterocycles. The molecule has 2 amide bonds. The van der Waals surface area contributed by atoms with Gasteiger partial charge in [-0.2, -0.15) is 13.2 Å². The van der Waals surface area contributed by atoms with Crippen LogP contribution in [0.4, 0.5) is 18.9 Å². The minimum atomic E-state index is -4.68. The molecule has 35 heavy (non-hydrogen) atoms. The number of nitrogens with zero attached hydrogens (tertiary/aromatic N) is 2. The van der Waals surface area contributed by atoms with Crippen LogP contribution < -0.4 is 10.1 Å². The van der Waals surface area contributed by atoms with Gasteiger partial charge in [0.25, 0.3) is 11.8 Å². The highest BCUT2D eigenvalue weighted by Gasteiger charge is 2.38. The molecule has 0 bridgehead atoms. The molecule has 1 aromatic heterocycles. The zero-order chi connectivity index (χ0) is 25.2. The summed E-state index contributed by atoms with van der Waals surface area (Å²) in [7, 11) is 1.58. The lowest BCUT2D eigenvalue weighted by molar-refractivity contribution is -0.141. The molecule has 1 N–H and O–H groups in total. The highest BCUT2D eigenvalue weighted by atomic mass is 32.1. The number of anilines is 1. The van der Waals surface area contributed by atoms with Crippen molar-refractivity contribution in [2.75, 3.05) is 25.5 Å². The van der Waals surface area contributed by atoms with E-state index in [0.29, 0.717) is 41.4 Å². The molecular weight excluding hydrogens is 479 g/mol. The van der Waals surface area contributed by atoms with Crippen LogP contribution in [-0.2, 0) is 6.18 Å². The van der Waals surface area contributed by atoms with Crippen molar-refractivity contribution in [2.45, 2.75) is 31.9 Å². The van der Waals surface area contributed by atoms with Crippen molar-refractivity contribution >= 4 is 28.8 Å². The summed E-state index contributed by atoms with van der Waals surface area (Å²) in [5.74, 6) is 0.0721. The van der Waals surface area contributed by atoms with Crippen molar-refractivity contribution in [3.63, 3.8) is 0 Å². The maximum atomic E-state index is 13.0. The Hall–Kier alpha value is -3.40. The minimum absolute atomic E-state index is 0.0146. The summed E-state index contributed by atoms with van der Waals surface area (Å²) in [5, 5.41) is 2.51. The average molecular weight is 504 g/mol. The summed E-state index contributed by atoms with van der Waals surface area (Å²) in [6.45, 7) is 3.10. The van der Waals surface area contributed by atoms with E-state index in [0.717, 1.165) is 29.5 Å². The van der Waals surface area contributed by atoms with E-state index in [9.17, 15) is 22.8 Å². The van der Waals surface area contributed by atoms with Gasteiger partial charge in [-0.25, -0.2) is 4.98 Å². The third-order valence-electron chi connectivity index (χ3n) is 6.20. The van der Waals surface area contributed by atoms with E-state index in [2.05, 4.69) is 10.3 Å². The van der Waals surface area contributed by atoms with Gasteiger partial charge in [-0.15, -0.1) is 11.3 Å². The molecule has 0 spiro atoms. The monoisotopic (exact) mass is 503 g/mol. The predicted octanol–water partition coefficient (Wildman–Crippen LogP) is 5.75. The van der Waals surface area contributed by atoms with E-state index >= 15 is 0 Å². The van der Waals surface area contributed by atoms with Crippen molar-refractivity contribution in [3.05, 3.63) is 75.2 Å². The fourth-order valence-electron chi connectivity index (χ4n) is 4.29. The first kappa shape index (κ1) is 24.7. The number of halogens is 3. The number of methoxy groups -OCH3 is 1. The first-order chi connectivity index (χ1) is 16.7. The van der Waals surface area contributed by atoms with Crippen molar-refractivity contribution < 1.29 is 27.5 Å². The largest absolute Gasteiger partial charge is 0.496 e. The molecule has 0 radical (unpaired) electrons. The molecule has 2 heterocycles. The Morgan fingerprint density at radius 3 is 2.43 bits per heavy atom. The molecule has 0 saturated carbocycles. The zero-order valence-electron chi connectivity index (χ0n) is 19.2. The molecule has 3 aromatic rings. The Morgan fingerprint density at radius 1 is 1.11 bits per heavy atom. The van der Waals surface area contributed by atoms with Crippen LogP contribution in [0.2, 0.25) is 0 Å². The Balaban J connectivity index is 1.36. The summed E-state index contributed by atoms with van der Waals surface area (Å²) >= 11 is 0.651. The van der Waals surface area contributed by atoms with Crippen LogP contribution in [0.3, 0.4) is 0 Å². The van der Waals surface area contributed by atoms with Gasteiger partial charge < -0.3 is 15.0 Å². The Kier molecular flexibility index (Phi) is 7.11. The van der Waals surface area contributed by atoms with Crippen LogP contribution >= 0.6 is 11.3 Å². The van der Waals surface area contributed by atoms with Crippen molar-refractivity contribution in [1.29, 1.82) is 0 Å². The van der Waals surface area contributed by atoms with Crippen LogP contribution in [0.15, 0.2) is 48.0 Å². The van der Waals surface area contributed by atoms with E-state index in [1.165, 1.54) is 0 Å². The normalized spacial score (nSPS) is 14.6. The van der Waals surface area contributed by atoms with Crippen LogP contribution in [0.25, 0.3) is 0 Å². The number of likely N-dealkylation sites (tertiary alicyclic amines) is 1. The van der Waals surface area contributed by atoms with E-state index in [4.69, 9.17) is 4.74 Å². The number of hydrogen-bond acceptors (Lipinski definition) is 5. The molecule has 184 valence electrons. The number of amides is 2. The Bertz CT molecular complexity index is 1220. The van der Waals surface area contributed by atoms with Gasteiger partial charge in [0.2, 0.25) is 0 Å². The fraction of sp³-hybridized carbons (Fsp3) is 0.320. The van der Waals surface area contributed by atoms with Gasteiger partial charge in [-0.05, 0) is 55.5 Å². The summed E-state index contributed by atoms with van der Waals surface area (Å²) in [6.07, 6.45) is -3.11. The number of nitrogens with one attached hydrogen (secondary N) is 1. The molecular formula is C25H24F3N3O3S. The second-order valence-electron chi connectivity index (χ2n) is 8.30. The standard InChI is InChI=1S/C25H24F3N3O3S/c1-15-19(4-3-5-20(15)34-2)24(33)31-12-10-17(11-13-31)16-6-8-18(9-7-16)30-23(32)21-22(25(26,27)28)29-14-35-21/h3-9,14,17H,10-13H2,1-2H3,(H,30,32). The van der Waals surface area contributed by atoms with Gasteiger partial charge in [0.05, 0.1) is 12.6 Å². The maximum Gasteiger partial charge on any atom is 0.434 e. The van der Waals surface area contributed by atoms with Crippen LogP contribution in [-0.4, -0.2) is 41.9 Å². The number of carbonyl (C=O) groups is 2. The van der Waals surface area contributed by atoms with Crippen molar-refractivity contribution in [1.82, 2.24) is 9.88 Å². The Morgan fingerprint density at radius 2 is 1.80 bits per heavy atom. The lowest BCUT2D eigenvalue weighted by atomic mass is 9.89. The summed E-state index contributed by atoms with van der Waals surface area (Å²) in [6, 6.07) is 12.5. The predicted molar refractivity (Wildman–Crippen MR) is 127 cm³/mol. The number of benzene rings is 2. The van der Waals surface area contributed by atoms with E-state index in [-0.39, 0.29) is 11.8 Å². The van der Waals surface area contributed by atoms with Gasteiger partial charge in [0.1, 0.15) is 10.6 Å². The molecule has 6 nitrogen and oxygen atoms in total. The number of alkyl halides is 3. The topological polar surface area (TPSA) is 71.5 Å². The number of carbonyl (C=O) groups excluding carboxylic acids is 2. The SMILES string of the molecule is COc1cccc(C(=O)N2CCC(c3ccc(NC(=O)c4scnc4C(F)(F)F)cc3)CC2)c1C. The molecule has 0 unspecified atom stereocenters. The van der Waals surface area contributed by atoms with Gasteiger partial charge in [-0.1, -0.05) is 18.2 Å². The van der Waals surface area contributed by atoms with Gasteiger partial charge >= 0.3 is 6.18 Å². The quantitative estimate of drug-likeness (QED) is 0.481. The number of piperidine rings is 1. The van der Waals surface area contributed by atoms with E-state index in [1.807, 2.05) is 42.2 Å². The highest BCUT2D eigenvalue weighted by Crippen LogP contribution is 2.34. The van der Waals surface area contributed by atoms with E-state index in [1.54, 1.807) is 19.2 Å². The van der Waals surface area contributed by atoms with Crippen LogP contribution in [0.1, 0.15) is 55.6 Å². The summed E-state index contributed by atoms with van der Waals surface area (Å²) < 4.78 is 44.3. The number of rotatable bonds is 5. The highest BCUT2D eigenvalue weighted by molar-refractivity contribution is 7.12. The molecule has 0 atom stereocenters. The molecule has 1 saturated heterocycles. The molecule has 0 aliphatic carbocycles.